The summed E-state index contributed by atoms with van der Waals surface area (Å²) >= 11 is 0. The SMILES string of the molecule is CN1C(=O)c2cccc(C(C)(C)C)c2C1=O. The van der Waals surface area contributed by atoms with E-state index in [-0.39, 0.29) is 17.2 Å². The first-order valence-corrected chi connectivity index (χ1v) is 5.30. The lowest BCUT2D eigenvalue weighted by Crippen LogP contribution is -2.25. The zero-order valence-corrected chi connectivity index (χ0v) is 10.00. The van der Waals surface area contributed by atoms with Gasteiger partial charge in [-0.15, -0.1) is 0 Å². The zero-order chi connectivity index (χ0) is 12.1. The van der Waals surface area contributed by atoms with E-state index in [4.69, 9.17) is 0 Å². The van der Waals surface area contributed by atoms with Gasteiger partial charge in [-0.1, -0.05) is 32.9 Å². The number of carbonyl (C=O) groups is 2. The fourth-order valence-electron chi connectivity index (χ4n) is 2.03. The molecule has 84 valence electrons. The van der Waals surface area contributed by atoms with Crippen molar-refractivity contribution in [3.05, 3.63) is 34.9 Å². The fraction of sp³-hybridized carbons (Fsp3) is 0.385. The molecule has 3 heteroatoms. The lowest BCUT2D eigenvalue weighted by atomic mass is 9.82. The smallest absolute Gasteiger partial charge is 0.261 e. The summed E-state index contributed by atoms with van der Waals surface area (Å²) < 4.78 is 0. The molecular weight excluding hydrogens is 202 g/mol. The van der Waals surface area contributed by atoms with E-state index in [2.05, 4.69) is 0 Å². The molecule has 1 aliphatic rings. The molecule has 3 nitrogen and oxygen atoms in total. The quantitative estimate of drug-likeness (QED) is 0.625. The van der Waals surface area contributed by atoms with Gasteiger partial charge in [0.25, 0.3) is 11.8 Å². The van der Waals surface area contributed by atoms with Crippen molar-refractivity contribution >= 4 is 11.8 Å². The Balaban J connectivity index is 2.72. The second-order valence-corrected chi connectivity index (χ2v) is 5.15. The van der Waals surface area contributed by atoms with Crippen LogP contribution in [-0.4, -0.2) is 23.8 Å². The Hall–Kier alpha value is -1.64. The van der Waals surface area contributed by atoms with Gasteiger partial charge in [0.1, 0.15) is 0 Å². The van der Waals surface area contributed by atoms with Crippen molar-refractivity contribution in [3.63, 3.8) is 0 Å². The molecular formula is C13H15NO2. The van der Waals surface area contributed by atoms with Crippen LogP contribution < -0.4 is 0 Å². The largest absolute Gasteiger partial charge is 0.277 e. The van der Waals surface area contributed by atoms with E-state index in [1.165, 1.54) is 11.9 Å². The van der Waals surface area contributed by atoms with Crippen LogP contribution in [0.1, 0.15) is 47.1 Å². The predicted octanol–water partition coefficient (Wildman–Crippen LogP) is 2.21. The average Bonchev–Trinajstić information content (AvgIpc) is 2.43. The number of nitrogens with zero attached hydrogens (tertiary/aromatic N) is 1. The van der Waals surface area contributed by atoms with Crippen LogP contribution in [0.2, 0.25) is 0 Å². The predicted molar refractivity (Wildman–Crippen MR) is 61.6 cm³/mol. The van der Waals surface area contributed by atoms with Crippen LogP contribution in [0.3, 0.4) is 0 Å². The van der Waals surface area contributed by atoms with E-state index in [1.807, 2.05) is 32.9 Å². The third kappa shape index (κ3) is 1.35. The molecule has 0 unspecified atom stereocenters. The monoisotopic (exact) mass is 217 g/mol. The van der Waals surface area contributed by atoms with E-state index >= 15 is 0 Å². The van der Waals surface area contributed by atoms with Gasteiger partial charge in [0.2, 0.25) is 0 Å². The summed E-state index contributed by atoms with van der Waals surface area (Å²) in [6, 6.07) is 5.47. The summed E-state index contributed by atoms with van der Waals surface area (Å²) in [5.41, 5.74) is 1.90. The van der Waals surface area contributed by atoms with E-state index in [0.29, 0.717) is 11.1 Å². The lowest BCUT2D eigenvalue weighted by Gasteiger charge is -2.21. The summed E-state index contributed by atoms with van der Waals surface area (Å²) in [5, 5.41) is 0. The number of benzene rings is 1. The number of imide groups is 1. The van der Waals surface area contributed by atoms with Crippen LogP contribution in [-0.2, 0) is 5.41 Å². The number of rotatable bonds is 0. The van der Waals surface area contributed by atoms with Crippen molar-refractivity contribution < 1.29 is 9.59 Å². The number of carbonyl (C=O) groups excluding carboxylic acids is 2. The second kappa shape index (κ2) is 3.17. The molecule has 0 aromatic heterocycles. The first kappa shape index (κ1) is 10.9. The molecule has 1 aromatic rings. The Morgan fingerprint density at radius 3 is 2.25 bits per heavy atom. The maximum Gasteiger partial charge on any atom is 0.261 e. The normalized spacial score (nSPS) is 15.6. The van der Waals surface area contributed by atoms with Gasteiger partial charge < -0.3 is 0 Å². The molecule has 0 aliphatic carbocycles. The van der Waals surface area contributed by atoms with E-state index in [0.717, 1.165) is 5.56 Å². The molecule has 1 heterocycles. The van der Waals surface area contributed by atoms with Gasteiger partial charge in [-0.3, -0.25) is 14.5 Å². The Labute approximate surface area is 95.1 Å². The summed E-state index contributed by atoms with van der Waals surface area (Å²) in [7, 11) is 1.52. The van der Waals surface area contributed by atoms with Crippen molar-refractivity contribution in [2.24, 2.45) is 0 Å². The maximum atomic E-state index is 12.0. The van der Waals surface area contributed by atoms with Crippen molar-refractivity contribution in [2.75, 3.05) is 7.05 Å². The summed E-state index contributed by atoms with van der Waals surface area (Å²) in [6.07, 6.45) is 0. The summed E-state index contributed by atoms with van der Waals surface area (Å²) in [6.45, 7) is 6.12. The molecule has 0 atom stereocenters. The Morgan fingerprint density at radius 1 is 1.06 bits per heavy atom. The third-order valence-electron chi connectivity index (χ3n) is 2.93. The van der Waals surface area contributed by atoms with Crippen LogP contribution in [0.5, 0.6) is 0 Å². The molecule has 1 aliphatic heterocycles. The average molecular weight is 217 g/mol. The van der Waals surface area contributed by atoms with Gasteiger partial charge in [0, 0.05) is 7.05 Å². The molecule has 2 rings (SSSR count). The topological polar surface area (TPSA) is 37.4 Å². The van der Waals surface area contributed by atoms with Gasteiger partial charge in [-0.2, -0.15) is 0 Å². The Kier molecular flexibility index (Phi) is 2.15. The number of hydrogen-bond donors (Lipinski definition) is 0. The van der Waals surface area contributed by atoms with Crippen LogP contribution in [0.25, 0.3) is 0 Å². The lowest BCUT2D eigenvalue weighted by molar-refractivity contribution is 0.0692. The second-order valence-electron chi connectivity index (χ2n) is 5.15. The standard InChI is InChI=1S/C13H15NO2/c1-13(2,3)9-7-5-6-8-10(9)12(16)14(4)11(8)15/h5-7H,1-4H3. The molecule has 0 bridgehead atoms. The molecule has 0 saturated carbocycles. The summed E-state index contributed by atoms with van der Waals surface area (Å²) in [5.74, 6) is -0.392. The first-order chi connectivity index (χ1) is 7.34. The van der Waals surface area contributed by atoms with Crippen LogP contribution in [0.4, 0.5) is 0 Å². The molecule has 2 amide bonds. The van der Waals surface area contributed by atoms with Crippen molar-refractivity contribution in [1.29, 1.82) is 0 Å². The first-order valence-electron chi connectivity index (χ1n) is 5.30. The van der Waals surface area contributed by atoms with E-state index < -0.39 is 0 Å². The van der Waals surface area contributed by atoms with E-state index in [9.17, 15) is 9.59 Å². The minimum Gasteiger partial charge on any atom is -0.277 e. The third-order valence-corrected chi connectivity index (χ3v) is 2.93. The molecule has 0 saturated heterocycles. The fourth-order valence-corrected chi connectivity index (χ4v) is 2.03. The van der Waals surface area contributed by atoms with Crippen LogP contribution in [0.15, 0.2) is 18.2 Å². The highest BCUT2D eigenvalue weighted by molar-refractivity contribution is 6.21. The van der Waals surface area contributed by atoms with Crippen LogP contribution in [0, 0.1) is 0 Å². The van der Waals surface area contributed by atoms with Gasteiger partial charge in [0.05, 0.1) is 11.1 Å². The van der Waals surface area contributed by atoms with Gasteiger partial charge >= 0.3 is 0 Å². The number of fused-ring (bicyclic) bond motifs is 1. The minimum absolute atomic E-state index is 0.132. The summed E-state index contributed by atoms with van der Waals surface area (Å²) in [4.78, 5) is 25.0. The van der Waals surface area contributed by atoms with Crippen molar-refractivity contribution in [3.8, 4) is 0 Å². The zero-order valence-electron chi connectivity index (χ0n) is 10.00. The van der Waals surface area contributed by atoms with Crippen molar-refractivity contribution in [1.82, 2.24) is 4.90 Å². The Bertz CT molecular complexity index is 483. The van der Waals surface area contributed by atoms with Crippen molar-refractivity contribution in [2.45, 2.75) is 26.2 Å². The molecule has 0 spiro atoms. The molecule has 16 heavy (non-hydrogen) atoms. The molecule has 0 radical (unpaired) electrons. The molecule has 0 fully saturated rings. The number of hydrogen-bond acceptors (Lipinski definition) is 2. The maximum absolute atomic E-state index is 12.0. The van der Waals surface area contributed by atoms with Gasteiger partial charge in [0.15, 0.2) is 0 Å². The van der Waals surface area contributed by atoms with Gasteiger partial charge in [-0.25, -0.2) is 0 Å². The van der Waals surface area contributed by atoms with Crippen LogP contribution >= 0.6 is 0 Å². The van der Waals surface area contributed by atoms with E-state index in [1.54, 1.807) is 6.07 Å². The highest BCUT2D eigenvalue weighted by Crippen LogP contribution is 2.32. The number of amides is 2. The highest BCUT2D eigenvalue weighted by Gasteiger charge is 2.36. The molecule has 1 aromatic carbocycles. The highest BCUT2D eigenvalue weighted by atomic mass is 16.2. The molecule has 0 N–H and O–H groups in total. The Morgan fingerprint density at radius 2 is 1.69 bits per heavy atom. The minimum atomic E-state index is -0.203. The van der Waals surface area contributed by atoms with Gasteiger partial charge in [-0.05, 0) is 17.0 Å².